The van der Waals surface area contributed by atoms with Crippen LogP contribution in [0.2, 0.25) is 0 Å². The third-order valence-electron chi connectivity index (χ3n) is 7.92. The summed E-state index contributed by atoms with van der Waals surface area (Å²) in [6, 6.07) is 6.33. The summed E-state index contributed by atoms with van der Waals surface area (Å²) in [5.74, 6) is -0.191. The molecule has 2 heterocycles. The number of rotatable bonds is 7. The second-order valence-electron chi connectivity index (χ2n) is 11.2. The molecule has 1 saturated carbocycles. The normalized spacial score (nSPS) is 27.5. The van der Waals surface area contributed by atoms with Gasteiger partial charge in [0.2, 0.25) is 0 Å². The molecule has 5 nitrogen and oxygen atoms in total. The predicted octanol–water partition coefficient (Wildman–Crippen LogP) is 6.80. The molecule has 2 aromatic carbocycles. The van der Waals surface area contributed by atoms with Gasteiger partial charge in [0.05, 0.1) is 40.8 Å². The minimum Gasteiger partial charge on any atom is -0.492 e. The van der Waals surface area contributed by atoms with Crippen LogP contribution in [-0.2, 0) is 12.4 Å². The molecular weight excluding hydrogens is 543 g/mol. The van der Waals surface area contributed by atoms with Crippen molar-refractivity contribution < 1.29 is 40.6 Å². The molecule has 1 saturated heterocycles. The Bertz CT molecular complexity index is 1330. The number of aromatic nitrogens is 2. The second-order valence-corrected chi connectivity index (χ2v) is 11.2. The van der Waals surface area contributed by atoms with Crippen LogP contribution >= 0.6 is 0 Å². The maximum Gasteiger partial charge on any atom is 0.418 e. The van der Waals surface area contributed by atoms with E-state index >= 15 is 0 Å². The SMILES string of the molecule is CC1(O)CC(n2cnc3cc(OC[C@@H]4C[C@H](c5ccc(C(F)(F)F)cc5)C[C@H](CCF)N4)cc(C(F)(F)F)c32)C1. The third-order valence-corrected chi connectivity index (χ3v) is 7.92. The van der Waals surface area contributed by atoms with E-state index in [2.05, 4.69) is 10.3 Å². The van der Waals surface area contributed by atoms with Gasteiger partial charge in [0.1, 0.15) is 12.4 Å². The van der Waals surface area contributed by atoms with Crippen molar-refractivity contribution >= 4 is 11.0 Å². The second kappa shape index (κ2) is 10.5. The highest BCUT2D eigenvalue weighted by molar-refractivity contribution is 5.82. The monoisotopic (exact) mass is 573 g/mol. The first kappa shape index (κ1) is 28.7. The Morgan fingerprint density at radius 3 is 2.30 bits per heavy atom. The molecule has 2 aliphatic rings. The topological polar surface area (TPSA) is 59.3 Å². The number of hydrogen-bond donors (Lipinski definition) is 2. The highest BCUT2D eigenvalue weighted by atomic mass is 19.4. The molecule has 3 atom stereocenters. The average Bonchev–Trinajstić information content (AvgIpc) is 3.28. The van der Waals surface area contributed by atoms with E-state index in [0.717, 1.165) is 18.2 Å². The molecule has 0 amide bonds. The number of ether oxygens (including phenoxy) is 1. The minimum atomic E-state index is -4.68. The van der Waals surface area contributed by atoms with E-state index in [1.54, 1.807) is 6.92 Å². The van der Waals surface area contributed by atoms with E-state index in [0.29, 0.717) is 31.2 Å². The van der Waals surface area contributed by atoms with Crippen LogP contribution in [0.15, 0.2) is 42.7 Å². The van der Waals surface area contributed by atoms with Gasteiger partial charge in [-0.15, -0.1) is 0 Å². The lowest BCUT2D eigenvalue weighted by Crippen LogP contribution is -2.48. The summed E-state index contributed by atoms with van der Waals surface area (Å²) >= 11 is 0. The zero-order chi connectivity index (χ0) is 28.9. The number of imidazole rings is 1. The van der Waals surface area contributed by atoms with Crippen molar-refractivity contribution in [2.75, 3.05) is 13.3 Å². The zero-order valence-electron chi connectivity index (χ0n) is 21.7. The van der Waals surface area contributed by atoms with E-state index in [1.165, 1.54) is 29.1 Å². The first-order valence-corrected chi connectivity index (χ1v) is 13.2. The fourth-order valence-corrected chi connectivity index (χ4v) is 5.99. The van der Waals surface area contributed by atoms with Gasteiger partial charge in [0, 0.05) is 24.2 Å². The molecule has 0 bridgehead atoms. The fraction of sp³-hybridized carbons (Fsp3) is 0.536. The van der Waals surface area contributed by atoms with E-state index in [9.17, 15) is 35.8 Å². The predicted molar refractivity (Wildman–Crippen MR) is 134 cm³/mol. The fourth-order valence-electron chi connectivity index (χ4n) is 5.99. The molecule has 2 N–H and O–H groups in total. The Hall–Kier alpha value is -2.86. The number of alkyl halides is 7. The van der Waals surface area contributed by atoms with Gasteiger partial charge in [-0.2, -0.15) is 26.3 Å². The first-order valence-electron chi connectivity index (χ1n) is 13.2. The van der Waals surface area contributed by atoms with Gasteiger partial charge in [-0.05, 0) is 68.7 Å². The Labute approximate surface area is 226 Å². The maximum absolute atomic E-state index is 14.1. The van der Waals surface area contributed by atoms with Gasteiger partial charge in [0.25, 0.3) is 0 Å². The lowest BCUT2D eigenvalue weighted by Gasteiger charge is -2.41. The van der Waals surface area contributed by atoms with Gasteiger partial charge in [-0.25, -0.2) is 4.98 Å². The quantitative estimate of drug-likeness (QED) is 0.305. The Morgan fingerprint density at radius 1 is 1.02 bits per heavy atom. The molecule has 218 valence electrons. The van der Waals surface area contributed by atoms with Crippen molar-refractivity contribution in [1.29, 1.82) is 0 Å². The molecule has 0 unspecified atom stereocenters. The molecule has 5 rings (SSSR count). The molecule has 1 aliphatic heterocycles. The molecule has 1 aliphatic carbocycles. The number of piperidine rings is 1. The molecule has 3 aromatic rings. The van der Waals surface area contributed by atoms with E-state index in [4.69, 9.17) is 4.74 Å². The zero-order valence-corrected chi connectivity index (χ0v) is 21.7. The van der Waals surface area contributed by atoms with Crippen molar-refractivity contribution in [3.63, 3.8) is 0 Å². The number of halogens is 7. The van der Waals surface area contributed by atoms with E-state index in [-0.39, 0.29) is 53.9 Å². The average molecular weight is 574 g/mol. The number of hydrogen-bond acceptors (Lipinski definition) is 4. The van der Waals surface area contributed by atoms with Gasteiger partial charge in [-0.3, -0.25) is 4.39 Å². The van der Waals surface area contributed by atoms with Crippen LogP contribution in [0.25, 0.3) is 11.0 Å². The van der Waals surface area contributed by atoms with E-state index < -0.39 is 35.8 Å². The molecule has 0 radical (unpaired) electrons. The van der Waals surface area contributed by atoms with Crippen LogP contribution in [0, 0.1) is 0 Å². The van der Waals surface area contributed by atoms with Crippen LogP contribution < -0.4 is 10.1 Å². The number of aliphatic hydroxyl groups is 1. The lowest BCUT2D eigenvalue weighted by atomic mass is 9.77. The molecule has 40 heavy (non-hydrogen) atoms. The molecule has 1 aromatic heterocycles. The van der Waals surface area contributed by atoms with Crippen LogP contribution in [0.1, 0.15) is 67.7 Å². The number of benzene rings is 2. The summed E-state index contributed by atoms with van der Waals surface area (Å²) in [6.07, 6.45) is -5.97. The van der Waals surface area contributed by atoms with Gasteiger partial charge in [-0.1, -0.05) is 12.1 Å². The number of nitrogens with zero attached hydrogens (tertiary/aromatic N) is 2. The van der Waals surface area contributed by atoms with Crippen LogP contribution in [-0.4, -0.2) is 45.6 Å². The molecule has 12 heteroatoms. The summed E-state index contributed by atoms with van der Waals surface area (Å²) in [7, 11) is 0. The minimum absolute atomic E-state index is 0.0189. The van der Waals surface area contributed by atoms with Gasteiger partial charge in [0.15, 0.2) is 0 Å². The maximum atomic E-state index is 14.1. The first-order chi connectivity index (χ1) is 18.7. The van der Waals surface area contributed by atoms with Crippen molar-refractivity contribution in [1.82, 2.24) is 14.9 Å². The Morgan fingerprint density at radius 2 is 1.70 bits per heavy atom. The smallest absolute Gasteiger partial charge is 0.418 e. The summed E-state index contributed by atoms with van der Waals surface area (Å²) in [6.45, 7) is 1.03. The van der Waals surface area contributed by atoms with Crippen LogP contribution in [0.5, 0.6) is 5.75 Å². The van der Waals surface area contributed by atoms with Crippen molar-refractivity contribution in [2.45, 2.75) is 81.0 Å². The standard InChI is InChI=1S/C28H30F7N3O2/c1-26(39)12-21(13-26)38-15-36-24-11-22(10-23(25(24)38)28(33,34)35)40-14-20-9-17(8-19(37-20)6-7-29)16-2-4-18(5-3-16)27(30,31)32/h2-5,10-11,15,17,19-21,37,39H,6-9,12-14H2,1H3/t17-,19+,20+,21?,26?/m1/s1. The van der Waals surface area contributed by atoms with Crippen LogP contribution in [0.3, 0.4) is 0 Å². The summed E-state index contributed by atoms with van der Waals surface area (Å²) in [5.41, 5.74) is -1.84. The summed E-state index contributed by atoms with van der Waals surface area (Å²) in [4.78, 5) is 4.18. The van der Waals surface area contributed by atoms with Crippen LogP contribution in [0.4, 0.5) is 30.7 Å². The van der Waals surface area contributed by atoms with E-state index in [1.807, 2.05) is 0 Å². The van der Waals surface area contributed by atoms with Gasteiger partial charge < -0.3 is 19.7 Å². The Kier molecular flexibility index (Phi) is 7.54. The third kappa shape index (κ3) is 6.07. The highest BCUT2D eigenvalue weighted by Gasteiger charge is 2.42. The van der Waals surface area contributed by atoms with Crippen molar-refractivity contribution in [3.8, 4) is 5.75 Å². The largest absolute Gasteiger partial charge is 0.492 e. The number of nitrogens with one attached hydrogen (secondary N) is 1. The number of fused-ring (bicyclic) bond motifs is 1. The highest BCUT2D eigenvalue weighted by Crippen LogP contribution is 2.45. The molecular formula is C28H30F7N3O2. The molecule has 0 spiro atoms. The lowest BCUT2D eigenvalue weighted by molar-refractivity contribution is -0.138. The molecule has 2 fully saturated rings. The summed E-state index contributed by atoms with van der Waals surface area (Å²) < 4.78 is 102. The van der Waals surface area contributed by atoms with Crippen molar-refractivity contribution in [3.05, 3.63) is 59.4 Å². The Balaban J connectivity index is 1.34. The summed E-state index contributed by atoms with van der Waals surface area (Å²) in [5, 5.41) is 13.3. The van der Waals surface area contributed by atoms with Gasteiger partial charge >= 0.3 is 12.4 Å². The van der Waals surface area contributed by atoms with Crippen molar-refractivity contribution in [2.24, 2.45) is 0 Å².